The van der Waals surface area contributed by atoms with Gasteiger partial charge in [0.05, 0.1) is 30.5 Å². The lowest BCUT2D eigenvalue weighted by Gasteiger charge is -2.20. The third-order valence-corrected chi connectivity index (χ3v) is 5.67. The van der Waals surface area contributed by atoms with E-state index in [-0.39, 0.29) is 11.4 Å². The predicted molar refractivity (Wildman–Crippen MR) is 105 cm³/mol. The van der Waals surface area contributed by atoms with Crippen LogP contribution in [0.3, 0.4) is 0 Å². The van der Waals surface area contributed by atoms with Gasteiger partial charge in [0.15, 0.2) is 0 Å². The normalized spacial score (nSPS) is 11.8. The number of furan rings is 1. The highest BCUT2D eigenvalue weighted by Crippen LogP contribution is 2.18. The molecule has 3 rings (SSSR count). The number of halogens is 1. The Morgan fingerprint density at radius 3 is 2.59 bits per heavy atom. The molecular formula is C20H18FN3O4S. The molecule has 0 unspecified atom stereocenters. The Kier molecular flexibility index (Phi) is 6.53. The summed E-state index contributed by atoms with van der Waals surface area (Å²) in [5.74, 6) is -0.692. The number of nitrogens with one attached hydrogen (secondary N) is 1. The van der Waals surface area contributed by atoms with Crippen LogP contribution in [0.5, 0.6) is 0 Å². The van der Waals surface area contributed by atoms with E-state index < -0.39 is 28.3 Å². The highest BCUT2D eigenvalue weighted by atomic mass is 32.2. The maximum Gasteiger partial charge on any atom is 0.255 e. The fraction of sp³-hybridized carbons (Fsp3) is 0.100. The van der Waals surface area contributed by atoms with Gasteiger partial charge in [0.2, 0.25) is 10.0 Å². The molecule has 0 aliphatic heterocycles. The third kappa shape index (κ3) is 5.59. The van der Waals surface area contributed by atoms with E-state index in [1.165, 1.54) is 42.8 Å². The van der Waals surface area contributed by atoms with Crippen LogP contribution < -0.4 is 5.43 Å². The van der Waals surface area contributed by atoms with Crippen LogP contribution in [-0.2, 0) is 21.4 Å². The van der Waals surface area contributed by atoms with E-state index in [1.54, 1.807) is 36.4 Å². The number of amides is 1. The average molecular weight is 415 g/mol. The van der Waals surface area contributed by atoms with Gasteiger partial charge in [-0.25, -0.2) is 18.2 Å². The molecule has 0 aliphatic rings. The standard InChI is InChI=1S/C20H18FN3O4S/c21-17-7-4-6-16(12-17)13-22-23-20(25)15-24(14-18-8-5-11-28-18)29(26,27)19-9-2-1-3-10-19/h1-13H,14-15H2,(H,23,25)/b22-13-. The molecule has 0 atom stereocenters. The van der Waals surface area contributed by atoms with Crippen LogP contribution in [0.2, 0.25) is 0 Å². The van der Waals surface area contributed by atoms with Crippen molar-refractivity contribution in [3.8, 4) is 0 Å². The van der Waals surface area contributed by atoms with Crippen molar-refractivity contribution in [3.63, 3.8) is 0 Å². The van der Waals surface area contributed by atoms with Gasteiger partial charge in [-0.05, 0) is 42.0 Å². The molecule has 150 valence electrons. The number of sulfonamides is 1. The molecule has 0 aliphatic carbocycles. The first-order valence-electron chi connectivity index (χ1n) is 8.60. The second-order valence-electron chi connectivity index (χ2n) is 6.01. The first-order chi connectivity index (χ1) is 13.9. The first-order valence-corrected chi connectivity index (χ1v) is 10.0. The van der Waals surface area contributed by atoms with Gasteiger partial charge >= 0.3 is 0 Å². The first kappa shape index (κ1) is 20.4. The zero-order valence-corrected chi connectivity index (χ0v) is 16.0. The fourth-order valence-corrected chi connectivity index (χ4v) is 3.89. The Balaban J connectivity index is 1.73. The van der Waals surface area contributed by atoms with Crippen molar-refractivity contribution in [1.29, 1.82) is 0 Å². The maximum atomic E-state index is 13.2. The van der Waals surface area contributed by atoms with Crippen molar-refractivity contribution >= 4 is 22.1 Å². The van der Waals surface area contributed by atoms with Gasteiger partial charge in [0.1, 0.15) is 11.6 Å². The van der Waals surface area contributed by atoms with E-state index in [1.807, 2.05) is 0 Å². The van der Waals surface area contributed by atoms with Gasteiger partial charge in [-0.15, -0.1) is 0 Å². The van der Waals surface area contributed by atoms with Gasteiger partial charge in [-0.1, -0.05) is 30.3 Å². The summed E-state index contributed by atoms with van der Waals surface area (Å²) in [6.07, 6.45) is 2.69. The van der Waals surface area contributed by atoms with Gasteiger partial charge in [0.25, 0.3) is 5.91 Å². The number of carbonyl (C=O) groups excluding carboxylic acids is 1. The van der Waals surface area contributed by atoms with Crippen LogP contribution in [0, 0.1) is 5.82 Å². The summed E-state index contributed by atoms with van der Waals surface area (Å²) >= 11 is 0. The highest BCUT2D eigenvalue weighted by molar-refractivity contribution is 7.89. The Hall–Kier alpha value is -3.30. The molecule has 7 nitrogen and oxygen atoms in total. The van der Waals surface area contributed by atoms with Crippen LogP contribution in [-0.4, -0.2) is 31.4 Å². The molecule has 1 aromatic heterocycles. The van der Waals surface area contributed by atoms with Crippen LogP contribution >= 0.6 is 0 Å². The number of hydrogen-bond donors (Lipinski definition) is 1. The molecule has 0 spiro atoms. The summed E-state index contributed by atoms with van der Waals surface area (Å²) < 4.78 is 45.3. The summed E-state index contributed by atoms with van der Waals surface area (Å²) in [6.45, 7) is -0.594. The Labute approximate surface area is 167 Å². The van der Waals surface area contributed by atoms with Gasteiger partial charge < -0.3 is 4.42 Å². The van der Waals surface area contributed by atoms with Gasteiger partial charge in [-0.3, -0.25) is 4.79 Å². The Bertz CT molecular complexity index is 1080. The smallest absolute Gasteiger partial charge is 0.255 e. The van der Waals surface area contributed by atoms with E-state index in [9.17, 15) is 17.6 Å². The van der Waals surface area contributed by atoms with Crippen LogP contribution in [0.1, 0.15) is 11.3 Å². The monoisotopic (exact) mass is 415 g/mol. The summed E-state index contributed by atoms with van der Waals surface area (Å²) in [4.78, 5) is 12.3. The maximum absolute atomic E-state index is 13.2. The van der Waals surface area contributed by atoms with Crippen molar-refractivity contribution in [2.75, 3.05) is 6.54 Å². The van der Waals surface area contributed by atoms with E-state index in [2.05, 4.69) is 10.5 Å². The van der Waals surface area contributed by atoms with Crippen molar-refractivity contribution in [3.05, 3.63) is 90.1 Å². The Morgan fingerprint density at radius 2 is 1.90 bits per heavy atom. The van der Waals surface area contributed by atoms with E-state index >= 15 is 0 Å². The lowest BCUT2D eigenvalue weighted by atomic mass is 10.2. The number of carbonyl (C=O) groups is 1. The van der Waals surface area contributed by atoms with Crippen LogP contribution in [0.25, 0.3) is 0 Å². The number of nitrogens with zero attached hydrogens (tertiary/aromatic N) is 2. The van der Waals surface area contributed by atoms with Crippen molar-refractivity contribution < 1.29 is 22.0 Å². The lowest BCUT2D eigenvalue weighted by Crippen LogP contribution is -2.38. The molecule has 3 aromatic rings. The van der Waals surface area contributed by atoms with Crippen molar-refractivity contribution in [1.82, 2.24) is 9.73 Å². The zero-order valence-electron chi connectivity index (χ0n) is 15.2. The lowest BCUT2D eigenvalue weighted by molar-refractivity contribution is -0.121. The van der Waals surface area contributed by atoms with Crippen LogP contribution in [0.4, 0.5) is 4.39 Å². The van der Waals surface area contributed by atoms with Crippen molar-refractivity contribution in [2.24, 2.45) is 5.10 Å². The average Bonchev–Trinajstić information content (AvgIpc) is 3.21. The molecule has 9 heteroatoms. The summed E-state index contributed by atoms with van der Waals surface area (Å²) in [5.41, 5.74) is 2.71. The molecule has 0 saturated carbocycles. The molecule has 2 aromatic carbocycles. The topological polar surface area (TPSA) is 92.0 Å². The fourth-order valence-electron chi connectivity index (χ4n) is 2.50. The molecule has 29 heavy (non-hydrogen) atoms. The van der Waals surface area contributed by atoms with E-state index in [0.29, 0.717) is 11.3 Å². The van der Waals surface area contributed by atoms with Crippen molar-refractivity contribution in [2.45, 2.75) is 11.4 Å². The minimum Gasteiger partial charge on any atom is -0.468 e. The molecule has 0 bridgehead atoms. The number of benzene rings is 2. The molecular weight excluding hydrogens is 397 g/mol. The quantitative estimate of drug-likeness (QED) is 0.452. The minimum absolute atomic E-state index is 0.0580. The molecule has 0 saturated heterocycles. The van der Waals surface area contributed by atoms with Gasteiger partial charge in [-0.2, -0.15) is 9.41 Å². The largest absolute Gasteiger partial charge is 0.468 e. The molecule has 0 fully saturated rings. The zero-order chi connectivity index (χ0) is 20.7. The van der Waals surface area contributed by atoms with E-state index in [0.717, 1.165) is 4.31 Å². The third-order valence-electron chi connectivity index (χ3n) is 3.86. The minimum atomic E-state index is -3.94. The molecule has 0 radical (unpaired) electrons. The summed E-state index contributed by atoms with van der Waals surface area (Å²) in [5, 5.41) is 3.75. The van der Waals surface area contributed by atoms with Gasteiger partial charge in [0, 0.05) is 0 Å². The Morgan fingerprint density at radius 1 is 1.10 bits per heavy atom. The number of hydrazone groups is 1. The SMILES string of the molecule is O=C(CN(Cc1ccco1)S(=O)(=O)c1ccccc1)N/N=C\c1cccc(F)c1. The molecule has 1 heterocycles. The van der Waals surface area contributed by atoms with E-state index in [4.69, 9.17) is 4.42 Å². The molecule has 1 amide bonds. The summed E-state index contributed by atoms with van der Waals surface area (Å²) in [6, 6.07) is 16.7. The second kappa shape index (κ2) is 9.26. The molecule has 1 N–H and O–H groups in total. The second-order valence-corrected chi connectivity index (χ2v) is 7.95. The number of hydrogen-bond acceptors (Lipinski definition) is 5. The highest BCUT2D eigenvalue weighted by Gasteiger charge is 2.27. The number of rotatable bonds is 8. The van der Waals surface area contributed by atoms with Crippen LogP contribution in [0.15, 0.2) is 87.4 Å². The predicted octanol–water partition coefficient (Wildman–Crippen LogP) is 2.76. The summed E-state index contributed by atoms with van der Waals surface area (Å²) in [7, 11) is -3.94.